The van der Waals surface area contributed by atoms with E-state index in [9.17, 15) is 4.79 Å². The number of carbonyl (C=O) groups is 1. The Kier molecular flexibility index (Phi) is 5.78. The van der Waals surface area contributed by atoms with Crippen LogP contribution in [0, 0.1) is 0 Å². The van der Waals surface area contributed by atoms with Gasteiger partial charge in [0.15, 0.2) is 0 Å². The Hall–Kier alpha value is -1.01. The smallest absolute Gasteiger partial charge is 0.240 e. The number of morpholine rings is 1. The molecule has 2 aliphatic heterocycles. The van der Waals surface area contributed by atoms with Crippen molar-refractivity contribution in [2.75, 3.05) is 44.3 Å². The third kappa shape index (κ3) is 4.22. The van der Waals surface area contributed by atoms with Crippen LogP contribution in [0.5, 0.6) is 0 Å². The fraction of sp³-hybridized carbons (Fsp3) is 0.611. The zero-order valence-electron chi connectivity index (χ0n) is 14.7. The molecule has 1 atom stereocenters. The fourth-order valence-corrected chi connectivity index (χ4v) is 3.99. The standard InChI is InChI=1S/C18H25Cl2N3O2/c1-18(2,23-7-9-25-10-8-23)17(24)21-14-5-6-22(12-14)16-4-3-13(19)11-15(16)20/h3-4,11,14H,5-10,12H2,1-2H3,(H,21,24). The van der Waals surface area contributed by atoms with Crippen LogP contribution >= 0.6 is 23.2 Å². The van der Waals surface area contributed by atoms with Gasteiger partial charge in [-0.1, -0.05) is 23.2 Å². The summed E-state index contributed by atoms with van der Waals surface area (Å²) in [5, 5.41) is 4.49. The van der Waals surface area contributed by atoms with Crippen LogP contribution in [0.3, 0.4) is 0 Å². The predicted molar refractivity (Wildman–Crippen MR) is 102 cm³/mol. The number of halogens is 2. The molecule has 0 saturated carbocycles. The fourth-order valence-electron chi connectivity index (χ4n) is 3.46. The molecule has 2 fully saturated rings. The van der Waals surface area contributed by atoms with Gasteiger partial charge in [-0.25, -0.2) is 0 Å². The van der Waals surface area contributed by atoms with Crippen molar-refractivity contribution in [3.05, 3.63) is 28.2 Å². The molecule has 3 rings (SSSR count). The number of nitrogens with one attached hydrogen (secondary N) is 1. The maximum atomic E-state index is 12.8. The Labute approximate surface area is 159 Å². The summed E-state index contributed by atoms with van der Waals surface area (Å²) in [6, 6.07) is 5.66. The van der Waals surface area contributed by atoms with Gasteiger partial charge in [0.25, 0.3) is 0 Å². The summed E-state index contributed by atoms with van der Waals surface area (Å²) in [5.41, 5.74) is 0.435. The van der Waals surface area contributed by atoms with Crippen molar-refractivity contribution in [1.82, 2.24) is 10.2 Å². The minimum atomic E-state index is -0.533. The van der Waals surface area contributed by atoms with Gasteiger partial charge in [0.1, 0.15) is 0 Å². The van der Waals surface area contributed by atoms with Gasteiger partial charge in [0.05, 0.1) is 29.5 Å². The van der Waals surface area contributed by atoms with E-state index in [0.717, 1.165) is 38.3 Å². The molecule has 1 aromatic carbocycles. The average Bonchev–Trinajstić information content (AvgIpc) is 3.03. The summed E-state index contributed by atoms with van der Waals surface area (Å²) in [7, 11) is 0. The lowest BCUT2D eigenvalue weighted by molar-refractivity contribution is -0.135. The van der Waals surface area contributed by atoms with Gasteiger partial charge in [-0.2, -0.15) is 0 Å². The molecule has 2 saturated heterocycles. The van der Waals surface area contributed by atoms with Gasteiger partial charge >= 0.3 is 0 Å². The van der Waals surface area contributed by atoms with E-state index < -0.39 is 5.54 Å². The lowest BCUT2D eigenvalue weighted by Gasteiger charge is -2.40. The third-order valence-corrected chi connectivity index (χ3v) is 5.67. The van der Waals surface area contributed by atoms with Crippen molar-refractivity contribution in [1.29, 1.82) is 0 Å². The second kappa shape index (κ2) is 7.70. The summed E-state index contributed by atoms with van der Waals surface area (Å²) in [5.74, 6) is 0.0726. The number of benzene rings is 1. The summed E-state index contributed by atoms with van der Waals surface area (Å²) >= 11 is 12.3. The first-order valence-corrected chi connectivity index (χ1v) is 9.47. The summed E-state index contributed by atoms with van der Waals surface area (Å²) in [6.07, 6.45) is 0.907. The van der Waals surface area contributed by atoms with Crippen LogP contribution in [0.15, 0.2) is 18.2 Å². The molecule has 5 nitrogen and oxygen atoms in total. The molecule has 25 heavy (non-hydrogen) atoms. The molecule has 7 heteroatoms. The molecule has 2 aliphatic rings. The highest BCUT2D eigenvalue weighted by atomic mass is 35.5. The Morgan fingerprint density at radius 3 is 2.64 bits per heavy atom. The monoisotopic (exact) mass is 385 g/mol. The van der Waals surface area contributed by atoms with Gasteiger partial charge in [-0.05, 0) is 38.5 Å². The number of carbonyl (C=O) groups excluding carboxylic acids is 1. The molecule has 0 bridgehead atoms. The largest absolute Gasteiger partial charge is 0.379 e. The van der Waals surface area contributed by atoms with Crippen molar-refractivity contribution in [3.63, 3.8) is 0 Å². The van der Waals surface area contributed by atoms with E-state index in [0.29, 0.717) is 23.3 Å². The minimum absolute atomic E-state index is 0.0726. The van der Waals surface area contributed by atoms with E-state index in [4.69, 9.17) is 27.9 Å². The van der Waals surface area contributed by atoms with Crippen molar-refractivity contribution in [2.45, 2.75) is 31.8 Å². The normalized spacial score (nSPS) is 22.2. The van der Waals surface area contributed by atoms with E-state index in [1.807, 2.05) is 26.0 Å². The quantitative estimate of drug-likeness (QED) is 0.865. The molecular formula is C18H25Cl2N3O2. The molecule has 2 heterocycles. The first kappa shape index (κ1) is 18.8. The van der Waals surface area contributed by atoms with Gasteiger partial charge in [0, 0.05) is 37.2 Å². The zero-order valence-corrected chi connectivity index (χ0v) is 16.2. The van der Waals surface area contributed by atoms with Gasteiger partial charge in [-0.15, -0.1) is 0 Å². The van der Waals surface area contributed by atoms with Crippen LogP contribution in [-0.4, -0.2) is 61.8 Å². The maximum Gasteiger partial charge on any atom is 0.240 e. The van der Waals surface area contributed by atoms with Crippen LogP contribution in [0.4, 0.5) is 5.69 Å². The number of hydrogen-bond acceptors (Lipinski definition) is 4. The van der Waals surface area contributed by atoms with Crippen LogP contribution < -0.4 is 10.2 Å². The van der Waals surface area contributed by atoms with Gasteiger partial charge in [0.2, 0.25) is 5.91 Å². The molecule has 0 radical (unpaired) electrons. The molecule has 0 spiro atoms. The van der Waals surface area contributed by atoms with Gasteiger partial charge in [-0.3, -0.25) is 9.69 Å². The Balaban J connectivity index is 1.59. The molecule has 1 unspecified atom stereocenters. The van der Waals surface area contributed by atoms with Gasteiger partial charge < -0.3 is 15.0 Å². The highest BCUT2D eigenvalue weighted by Gasteiger charge is 2.37. The van der Waals surface area contributed by atoms with Crippen molar-refractivity contribution in [2.24, 2.45) is 0 Å². The molecule has 138 valence electrons. The number of hydrogen-bond donors (Lipinski definition) is 1. The van der Waals surface area contributed by atoms with E-state index in [2.05, 4.69) is 15.1 Å². The van der Waals surface area contributed by atoms with Crippen molar-refractivity contribution in [3.8, 4) is 0 Å². The van der Waals surface area contributed by atoms with E-state index in [-0.39, 0.29) is 11.9 Å². The first-order chi connectivity index (χ1) is 11.9. The average molecular weight is 386 g/mol. The van der Waals surface area contributed by atoms with Crippen LogP contribution in [0.25, 0.3) is 0 Å². The predicted octanol–water partition coefficient (Wildman–Crippen LogP) is 2.80. The highest BCUT2D eigenvalue weighted by molar-refractivity contribution is 6.36. The molecule has 1 N–H and O–H groups in total. The molecular weight excluding hydrogens is 361 g/mol. The lowest BCUT2D eigenvalue weighted by atomic mass is 10.00. The van der Waals surface area contributed by atoms with Crippen molar-refractivity contribution >= 4 is 34.8 Å². The Bertz CT molecular complexity index is 633. The van der Waals surface area contributed by atoms with E-state index in [1.54, 1.807) is 6.07 Å². The zero-order chi connectivity index (χ0) is 18.0. The molecule has 0 aromatic heterocycles. The lowest BCUT2D eigenvalue weighted by Crippen LogP contribution is -2.59. The minimum Gasteiger partial charge on any atom is -0.379 e. The molecule has 1 amide bonds. The topological polar surface area (TPSA) is 44.8 Å². The number of amides is 1. The number of rotatable bonds is 4. The van der Waals surface area contributed by atoms with E-state index >= 15 is 0 Å². The van der Waals surface area contributed by atoms with Crippen LogP contribution in [0.1, 0.15) is 20.3 Å². The molecule has 1 aromatic rings. The number of ether oxygens (including phenoxy) is 1. The third-order valence-electron chi connectivity index (χ3n) is 5.13. The van der Waals surface area contributed by atoms with Crippen LogP contribution in [0.2, 0.25) is 10.0 Å². The van der Waals surface area contributed by atoms with E-state index in [1.165, 1.54) is 0 Å². The summed E-state index contributed by atoms with van der Waals surface area (Å²) in [6.45, 7) is 8.53. The number of nitrogens with zero attached hydrogens (tertiary/aromatic N) is 2. The Morgan fingerprint density at radius 1 is 1.24 bits per heavy atom. The summed E-state index contributed by atoms with van der Waals surface area (Å²) in [4.78, 5) is 17.2. The molecule has 0 aliphatic carbocycles. The number of anilines is 1. The second-order valence-corrected chi connectivity index (χ2v) is 8.00. The van der Waals surface area contributed by atoms with Crippen LogP contribution in [-0.2, 0) is 9.53 Å². The Morgan fingerprint density at radius 2 is 1.96 bits per heavy atom. The highest BCUT2D eigenvalue weighted by Crippen LogP contribution is 2.31. The maximum absolute atomic E-state index is 12.8. The summed E-state index contributed by atoms with van der Waals surface area (Å²) < 4.78 is 5.39. The first-order valence-electron chi connectivity index (χ1n) is 8.71. The SMILES string of the molecule is CC(C)(C(=O)NC1CCN(c2ccc(Cl)cc2Cl)C1)N1CCOCC1. The van der Waals surface area contributed by atoms with Crippen molar-refractivity contribution < 1.29 is 9.53 Å². The second-order valence-electron chi connectivity index (χ2n) is 7.16.